The number of aliphatic hydroxyl groups is 1. The van der Waals surface area contributed by atoms with Crippen LogP contribution in [0.5, 0.6) is 0 Å². The highest BCUT2D eigenvalue weighted by Gasteiger charge is 2.25. The van der Waals surface area contributed by atoms with E-state index in [4.69, 9.17) is 0 Å². The average Bonchev–Trinajstić information content (AvgIpc) is 2.86. The highest BCUT2D eigenvalue weighted by molar-refractivity contribution is 7.99. The van der Waals surface area contributed by atoms with Crippen molar-refractivity contribution in [1.82, 2.24) is 9.55 Å². The van der Waals surface area contributed by atoms with Crippen LogP contribution in [-0.4, -0.2) is 20.4 Å². The summed E-state index contributed by atoms with van der Waals surface area (Å²) in [5, 5.41) is 10.4. The van der Waals surface area contributed by atoms with Gasteiger partial charge in [0.2, 0.25) is 0 Å². The Morgan fingerprint density at radius 1 is 1.40 bits per heavy atom. The number of aromatic nitrogens is 2. The molecule has 1 N–H and O–H groups in total. The highest BCUT2D eigenvalue weighted by Crippen LogP contribution is 2.40. The van der Waals surface area contributed by atoms with Crippen LogP contribution in [0.4, 0.5) is 0 Å². The molecule has 2 aliphatic rings. The Morgan fingerprint density at radius 3 is 3.07 bits per heavy atom. The first kappa shape index (κ1) is 9.73. The zero-order valence-electron chi connectivity index (χ0n) is 8.72. The first-order chi connectivity index (χ1) is 7.34. The Hall–Kier alpha value is -0.480. The predicted molar refractivity (Wildman–Crippen MR) is 60.9 cm³/mol. The fourth-order valence-corrected chi connectivity index (χ4v) is 3.68. The van der Waals surface area contributed by atoms with E-state index in [1.54, 1.807) is 0 Å². The predicted octanol–water partition coefficient (Wildman–Crippen LogP) is 2.28. The fraction of sp³-hybridized carbons (Fsp3) is 0.727. The first-order valence-electron chi connectivity index (χ1n) is 5.71. The van der Waals surface area contributed by atoms with Gasteiger partial charge in [-0.15, -0.1) is 0 Å². The van der Waals surface area contributed by atoms with Crippen LogP contribution in [-0.2, 0) is 6.54 Å². The molecule has 3 nitrogen and oxygen atoms in total. The van der Waals surface area contributed by atoms with E-state index in [2.05, 4.69) is 15.7 Å². The number of hydrogen-bond acceptors (Lipinski definition) is 3. The van der Waals surface area contributed by atoms with Crippen molar-refractivity contribution in [3.8, 4) is 0 Å². The van der Waals surface area contributed by atoms with Crippen LogP contribution < -0.4 is 0 Å². The second-order valence-electron chi connectivity index (χ2n) is 4.38. The van der Waals surface area contributed by atoms with Gasteiger partial charge in [-0.2, -0.15) is 11.8 Å². The summed E-state index contributed by atoms with van der Waals surface area (Å²) in [5.74, 6) is 2.15. The van der Waals surface area contributed by atoms with Gasteiger partial charge in [0.15, 0.2) is 0 Å². The fourth-order valence-electron chi connectivity index (χ4n) is 2.45. The third-order valence-electron chi connectivity index (χ3n) is 3.26. The van der Waals surface area contributed by atoms with E-state index in [1.807, 2.05) is 11.8 Å². The largest absolute Gasteiger partial charge is 0.385 e. The van der Waals surface area contributed by atoms with Crippen LogP contribution >= 0.6 is 11.8 Å². The van der Waals surface area contributed by atoms with Gasteiger partial charge < -0.3 is 9.67 Å². The quantitative estimate of drug-likeness (QED) is 0.795. The van der Waals surface area contributed by atoms with Crippen LogP contribution in [0.25, 0.3) is 0 Å². The molecule has 3 rings (SSSR count). The van der Waals surface area contributed by atoms with Gasteiger partial charge in [0.25, 0.3) is 0 Å². The molecule has 0 aliphatic carbocycles. The average molecular weight is 224 g/mol. The standard InChI is InChI=1S/C11H16N2OS/c14-9-3-1-5-13-7-8(12-11(9)13)10-4-2-6-15-10/h7,9-10,14H,1-6H2. The van der Waals surface area contributed by atoms with E-state index in [0.717, 1.165) is 25.2 Å². The summed E-state index contributed by atoms with van der Waals surface area (Å²) in [6.07, 6.45) is 6.31. The van der Waals surface area contributed by atoms with Gasteiger partial charge in [-0.25, -0.2) is 4.98 Å². The molecule has 0 radical (unpaired) electrons. The Balaban J connectivity index is 1.90. The second-order valence-corrected chi connectivity index (χ2v) is 5.69. The monoisotopic (exact) mass is 224 g/mol. The molecule has 0 aromatic carbocycles. The summed E-state index contributed by atoms with van der Waals surface area (Å²) in [5.41, 5.74) is 1.19. The van der Waals surface area contributed by atoms with Gasteiger partial charge in [0.05, 0.1) is 5.69 Å². The molecule has 0 bridgehead atoms. The minimum absolute atomic E-state index is 0.334. The molecule has 15 heavy (non-hydrogen) atoms. The number of nitrogens with zero attached hydrogens (tertiary/aromatic N) is 2. The number of imidazole rings is 1. The minimum atomic E-state index is -0.334. The molecular weight excluding hydrogens is 208 g/mol. The lowest BCUT2D eigenvalue weighted by Gasteiger charge is -2.18. The maximum Gasteiger partial charge on any atom is 0.138 e. The van der Waals surface area contributed by atoms with E-state index < -0.39 is 0 Å². The van der Waals surface area contributed by atoms with Gasteiger partial charge in [-0.1, -0.05) is 0 Å². The van der Waals surface area contributed by atoms with E-state index in [1.165, 1.54) is 24.3 Å². The van der Waals surface area contributed by atoms with E-state index >= 15 is 0 Å². The van der Waals surface area contributed by atoms with Crippen LogP contribution in [0.15, 0.2) is 6.20 Å². The van der Waals surface area contributed by atoms with Crippen molar-refractivity contribution in [2.45, 2.75) is 43.6 Å². The molecule has 2 aliphatic heterocycles. The number of hydrogen-bond donors (Lipinski definition) is 1. The van der Waals surface area contributed by atoms with Gasteiger partial charge in [0.1, 0.15) is 11.9 Å². The summed E-state index contributed by atoms with van der Waals surface area (Å²) < 4.78 is 2.14. The topological polar surface area (TPSA) is 38.0 Å². The molecule has 1 fully saturated rings. The Bertz CT molecular complexity index is 357. The summed E-state index contributed by atoms with van der Waals surface area (Å²) in [4.78, 5) is 4.61. The number of rotatable bonds is 1. The molecule has 3 heterocycles. The maximum absolute atomic E-state index is 9.83. The zero-order valence-corrected chi connectivity index (χ0v) is 9.54. The molecule has 1 saturated heterocycles. The number of thioether (sulfide) groups is 1. The molecule has 2 unspecified atom stereocenters. The molecule has 0 saturated carbocycles. The number of aryl methyl sites for hydroxylation is 1. The molecule has 0 spiro atoms. The van der Waals surface area contributed by atoms with Crippen molar-refractivity contribution in [2.75, 3.05) is 5.75 Å². The molecular formula is C11H16N2OS. The summed E-state index contributed by atoms with van der Waals surface area (Å²) in [7, 11) is 0. The third-order valence-corrected chi connectivity index (χ3v) is 4.66. The minimum Gasteiger partial charge on any atom is -0.385 e. The lowest BCUT2D eigenvalue weighted by atomic mass is 10.1. The molecule has 1 aromatic heterocycles. The zero-order chi connectivity index (χ0) is 10.3. The van der Waals surface area contributed by atoms with Crippen molar-refractivity contribution < 1.29 is 5.11 Å². The van der Waals surface area contributed by atoms with Gasteiger partial charge in [-0.05, 0) is 31.4 Å². The Labute approximate surface area is 93.9 Å². The summed E-state index contributed by atoms with van der Waals surface area (Å²) >= 11 is 2.00. The highest BCUT2D eigenvalue weighted by atomic mass is 32.2. The second kappa shape index (κ2) is 3.83. The maximum atomic E-state index is 9.83. The third kappa shape index (κ3) is 1.70. The van der Waals surface area contributed by atoms with E-state index in [9.17, 15) is 5.11 Å². The van der Waals surface area contributed by atoms with Crippen molar-refractivity contribution in [2.24, 2.45) is 0 Å². The first-order valence-corrected chi connectivity index (χ1v) is 6.76. The smallest absolute Gasteiger partial charge is 0.138 e. The van der Waals surface area contributed by atoms with Crippen molar-refractivity contribution in [1.29, 1.82) is 0 Å². The summed E-state index contributed by atoms with van der Waals surface area (Å²) in [6.45, 7) is 1.02. The molecule has 82 valence electrons. The SMILES string of the molecule is OC1CCCn2cc(C3CCCS3)nc21. The lowest BCUT2D eigenvalue weighted by molar-refractivity contribution is 0.133. The van der Waals surface area contributed by atoms with Gasteiger partial charge >= 0.3 is 0 Å². The molecule has 0 amide bonds. The molecule has 2 atom stereocenters. The lowest BCUT2D eigenvalue weighted by Crippen LogP contribution is -2.14. The Kier molecular flexibility index (Phi) is 2.48. The van der Waals surface area contributed by atoms with Gasteiger partial charge in [-0.3, -0.25) is 0 Å². The molecule has 4 heteroatoms. The van der Waals surface area contributed by atoms with Crippen LogP contribution in [0.2, 0.25) is 0 Å². The number of fused-ring (bicyclic) bond motifs is 1. The van der Waals surface area contributed by atoms with Crippen LogP contribution in [0.3, 0.4) is 0 Å². The van der Waals surface area contributed by atoms with Crippen LogP contribution in [0, 0.1) is 0 Å². The Morgan fingerprint density at radius 2 is 2.33 bits per heavy atom. The van der Waals surface area contributed by atoms with Gasteiger partial charge in [0, 0.05) is 18.0 Å². The summed E-state index contributed by atoms with van der Waals surface area (Å²) in [6, 6.07) is 0. The van der Waals surface area contributed by atoms with E-state index in [-0.39, 0.29) is 6.10 Å². The normalized spacial score (nSPS) is 30.5. The number of aliphatic hydroxyl groups excluding tert-OH is 1. The van der Waals surface area contributed by atoms with Crippen molar-refractivity contribution >= 4 is 11.8 Å². The van der Waals surface area contributed by atoms with E-state index in [0.29, 0.717) is 5.25 Å². The van der Waals surface area contributed by atoms with Crippen molar-refractivity contribution in [3.05, 3.63) is 17.7 Å². The van der Waals surface area contributed by atoms with Crippen molar-refractivity contribution in [3.63, 3.8) is 0 Å². The molecule has 1 aromatic rings. The van der Waals surface area contributed by atoms with Crippen LogP contribution in [0.1, 0.15) is 48.6 Å².